The van der Waals surface area contributed by atoms with E-state index in [2.05, 4.69) is 10.3 Å². The molecular formula is C17H22ClN5O4. The molecule has 0 spiro atoms. The molecule has 3 rings (SSSR count). The number of hydrogen-bond acceptors (Lipinski definition) is 6. The van der Waals surface area contributed by atoms with E-state index in [1.807, 2.05) is 4.90 Å². The normalized spacial score (nSPS) is 15.0. The Hall–Kier alpha value is -2.65. The van der Waals surface area contributed by atoms with Crippen LogP contribution >= 0.6 is 12.4 Å². The second kappa shape index (κ2) is 8.83. The zero-order valence-electron chi connectivity index (χ0n) is 15.1. The van der Waals surface area contributed by atoms with Gasteiger partial charge in [0.1, 0.15) is 23.7 Å². The van der Waals surface area contributed by atoms with Gasteiger partial charge in [-0.25, -0.2) is 4.57 Å². The molecule has 1 atom stereocenters. The molecule has 0 saturated carbocycles. The summed E-state index contributed by atoms with van der Waals surface area (Å²) in [5, 5.41) is 14.0. The molecule has 0 aliphatic carbocycles. The summed E-state index contributed by atoms with van der Waals surface area (Å²) in [5.41, 5.74) is 1.14. The second-order valence-electron chi connectivity index (χ2n) is 6.16. The van der Waals surface area contributed by atoms with Crippen molar-refractivity contribution in [3.8, 4) is 5.75 Å². The minimum Gasteiger partial charge on any atom is -0.497 e. The van der Waals surface area contributed by atoms with Crippen molar-refractivity contribution < 1.29 is 14.5 Å². The summed E-state index contributed by atoms with van der Waals surface area (Å²) in [4.78, 5) is 29.4. The van der Waals surface area contributed by atoms with Gasteiger partial charge in [0.05, 0.1) is 14.2 Å². The Labute approximate surface area is 162 Å². The molecule has 1 aromatic carbocycles. The smallest absolute Gasteiger partial charge is 0.434 e. The Kier molecular flexibility index (Phi) is 6.75. The van der Waals surface area contributed by atoms with Crippen LogP contribution in [0.3, 0.4) is 0 Å². The molecule has 1 saturated heterocycles. The lowest BCUT2D eigenvalue weighted by molar-refractivity contribution is -0.396. The molecule has 9 nitrogen and oxygen atoms in total. The number of ether oxygens (including phenoxy) is 1. The molecule has 10 heteroatoms. The number of nitrogens with one attached hydrogen (secondary N) is 1. The van der Waals surface area contributed by atoms with Crippen LogP contribution in [0.5, 0.6) is 5.75 Å². The maximum atomic E-state index is 13.0. The van der Waals surface area contributed by atoms with Crippen molar-refractivity contribution >= 4 is 29.9 Å². The quantitative estimate of drug-likeness (QED) is 0.595. The molecule has 27 heavy (non-hydrogen) atoms. The first-order chi connectivity index (χ1) is 12.5. The van der Waals surface area contributed by atoms with Crippen molar-refractivity contribution in [3.63, 3.8) is 0 Å². The summed E-state index contributed by atoms with van der Waals surface area (Å²) in [6.07, 6.45) is 3.40. The molecule has 1 unspecified atom stereocenters. The van der Waals surface area contributed by atoms with Gasteiger partial charge in [-0.15, -0.1) is 12.4 Å². The number of rotatable bonds is 6. The Bertz CT molecular complexity index is 802. The van der Waals surface area contributed by atoms with Gasteiger partial charge in [-0.2, -0.15) is 0 Å². The lowest BCUT2D eigenvalue weighted by Crippen LogP contribution is -2.36. The predicted molar refractivity (Wildman–Crippen MR) is 102 cm³/mol. The zero-order valence-corrected chi connectivity index (χ0v) is 15.9. The summed E-state index contributed by atoms with van der Waals surface area (Å²) >= 11 is 0. The molecule has 1 fully saturated rings. The third kappa shape index (κ3) is 4.37. The number of likely N-dealkylation sites (tertiary alicyclic amines) is 1. The van der Waals surface area contributed by atoms with Crippen molar-refractivity contribution in [1.29, 1.82) is 0 Å². The molecular weight excluding hydrogens is 374 g/mol. The number of nitro groups is 1. The van der Waals surface area contributed by atoms with Gasteiger partial charge in [0.15, 0.2) is 0 Å². The first-order valence-electron chi connectivity index (χ1n) is 8.36. The van der Waals surface area contributed by atoms with Gasteiger partial charge < -0.3 is 20.2 Å². The van der Waals surface area contributed by atoms with Gasteiger partial charge in [-0.1, -0.05) is 4.98 Å². The van der Waals surface area contributed by atoms with Crippen molar-refractivity contribution in [2.24, 2.45) is 7.05 Å². The Balaban J connectivity index is 0.00000261. The number of carbonyl (C=O) groups is 1. The average molecular weight is 396 g/mol. The van der Waals surface area contributed by atoms with Gasteiger partial charge in [0.25, 0.3) is 0 Å². The molecule has 146 valence electrons. The highest BCUT2D eigenvalue weighted by atomic mass is 35.5. The number of aromatic nitrogens is 2. The third-order valence-corrected chi connectivity index (χ3v) is 4.55. The number of halogens is 1. The minimum absolute atomic E-state index is 0. The molecule has 1 aromatic heterocycles. The summed E-state index contributed by atoms with van der Waals surface area (Å²) in [7, 11) is 3.14. The highest BCUT2D eigenvalue weighted by Gasteiger charge is 2.36. The highest BCUT2D eigenvalue weighted by Crippen LogP contribution is 2.28. The molecule has 2 heterocycles. The molecule has 1 amide bonds. The summed E-state index contributed by atoms with van der Waals surface area (Å²) in [6.45, 7) is 1.53. The first-order valence-corrected chi connectivity index (χ1v) is 8.36. The fraction of sp³-hybridized carbons (Fsp3) is 0.412. The Morgan fingerprint density at radius 3 is 2.44 bits per heavy atom. The molecule has 2 aromatic rings. The van der Waals surface area contributed by atoms with Crippen LogP contribution in [0.2, 0.25) is 0 Å². The van der Waals surface area contributed by atoms with Crippen molar-refractivity contribution in [3.05, 3.63) is 46.3 Å². The fourth-order valence-electron chi connectivity index (χ4n) is 3.21. The molecule has 0 radical (unpaired) electrons. The van der Waals surface area contributed by atoms with Gasteiger partial charge in [0.2, 0.25) is 5.91 Å². The van der Waals surface area contributed by atoms with E-state index in [-0.39, 0.29) is 24.3 Å². The van der Waals surface area contributed by atoms with Gasteiger partial charge in [-0.3, -0.25) is 9.69 Å². The highest BCUT2D eigenvalue weighted by molar-refractivity contribution is 5.95. The van der Waals surface area contributed by atoms with E-state index in [4.69, 9.17) is 4.74 Å². The number of anilines is 1. The number of methoxy groups -OCH3 is 1. The van der Waals surface area contributed by atoms with E-state index in [1.54, 1.807) is 38.4 Å². The number of imidazole rings is 1. The largest absolute Gasteiger partial charge is 0.497 e. The second-order valence-corrected chi connectivity index (χ2v) is 6.16. The molecule has 1 aliphatic heterocycles. The maximum absolute atomic E-state index is 13.0. The first kappa shape index (κ1) is 20.7. The number of benzene rings is 1. The van der Waals surface area contributed by atoms with Crippen LogP contribution in [0.25, 0.3) is 0 Å². The zero-order chi connectivity index (χ0) is 18.7. The number of amides is 1. The van der Waals surface area contributed by atoms with Crippen LogP contribution in [-0.2, 0) is 11.8 Å². The number of carbonyl (C=O) groups excluding carboxylic acids is 1. The van der Waals surface area contributed by atoms with E-state index in [0.29, 0.717) is 17.1 Å². The lowest BCUT2D eigenvalue weighted by atomic mass is 10.1. The molecule has 1 aliphatic rings. The van der Waals surface area contributed by atoms with Crippen LogP contribution in [0, 0.1) is 10.1 Å². The topological polar surface area (TPSA) is 103 Å². The van der Waals surface area contributed by atoms with Gasteiger partial charge in [0, 0.05) is 5.69 Å². The standard InChI is InChI=1S/C17H21N5O4.ClH/c1-20-14(11-18-17(20)22(24)25)15(21-9-3-4-10-21)16(23)19-12-5-7-13(26-2)8-6-12;/h5-8,11,15H,3-4,9-10H2,1-2H3,(H,19,23);1H. The number of hydrogen-bond donors (Lipinski definition) is 1. The van der Waals surface area contributed by atoms with Crippen LogP contribution in [0.15, 0.2) is 30.5 Å². The van der Waals surface area contributed by atoms with E-state index in [0.717, 1.165) is 25.9 Å². The van der Waals surface area contributed by atoms with Crippen LogP contribution in [0.4, 0.5) is 11.6 Å². The summed E-state index contributed by atoms with van der Waals surface area (Å²) in [5.74, 6) is 0.178. The van der Waals surface area contributed by atoms with E-state index < -0.39 is 11.0 Å². The van der Waals surface area contributed by atoms with E-state index in [1.165, 1.54) is 10.8 Å². The average Bonchev–Trinajstić information content (AvgIpc) is 3.27. The summed E-state index contributed by atoms with van der Waals surface area (Å²) < 4.78 is 6.49. The summed E-state index contributed by atoms with van der Waals surface area (Å²) in [6, 6.07) is 6.39. The lowest BCUT2D eigenvalue weighted by Gasteiger charge is -2.25. The van der Waals surface area contributed by atoms with Crippen molar-refractivity contribution in [2.45, 2.75) is 18.9 Å². The van der Waals surface area contributed by atoms with Gasteiger partial charge in [-0.05, 0) is 55.1 Å². The predicted octanol–water partition coefficient (Wildman–Crippen LogP) is 2.53. The van der Waals surface area contributed by atoms with Crippen LogP contribution in [-0.4, -0.2) is 45.5 Å². The monoisotopic (exact) mass is 395 g/mol. The van der Waals surface area contributed by atoms with Crippen molar-refractivity contribution in [2.75, 3.05) is 25.5 Å². The molecule has 0 bridgehead atoms. The Morgan fingerprint density at radius 1 is 1.30 bits per heavy atom. The molecule has 1 N–H and O–H groups in total. The minimum atomic E-state index is -0.634. The van der Waals surface area contributed by atoms with Gasteiger partial charge >= 0.3 is 5.95 Å². The van der Waals surface area contributed by atoms with Crippen LogP contribution < -0.4 is 10.1 Å². The van der Waals surface area contributed by atoms with E-state index >= 15 is 0 Å². The van der Waals surface area contributed by atoms with E-state index in [9.17, 15) is 14.9 Å². The fourth-order valence-corrected chi connectivity index (χ4v) is 3.21. The Morgan fingerprint density at radius 2 is 1.93 bits per heavy atom. The SMILES string of the molecule is COc1ccc(NC(=O)C(c2cnc([N+](=O)[O-])n2C)N2CCCC2)cc1.Cl. The van der Waals surface area contributed by atoms with Crippen LogP contribution in [0.1, 0.15) is 24.6 Å². The third-order valence-electron chi connectivity index (χ3n) is 4.55. The number of nitrogens with zero attached hydrogens (tertiary/aromatic N) is 4. The van der Waals surface area contributed by atoms with Crippen molar-refractivity contribution in [1.82, 2.24) is 14.5 Å². The maximum Gasteiger partial charge on any atom is 0.434 e.